The standard InChI is InChI=1S/C14H21ClN6/c1-4-18-13(11-7-16-10-17-8-11)14-12(15)9-19-21(14)6-5-20(2)3/h7-10,13,18H,4-6H2,1-3H3. The van der Waals surface area contributed by atoms with E-state index < -0.39 is 0 Å². The zero-order valence-electron chi connectivity index (χ0n) is 12.6. The van der Waals surface area contributed by atoms with E-state index in [2.05, 4.69) is 32.2 Å². The van der Waals surface area contributed by atoms with E-state index in [-0.39, 0.29) is 6.04 Å². The third kappa shape index (κ3) is 4.00. The fourth-order valence-electron chi connectivity index (χ4n) is 2.17. The average molecular weight is 309 g/mol. The molecule has 0 saturated heterocycles. The number of nitrogens with zero attached hydrogens (tertiary/aromatic N) is 5. The molecule has 0 aliphatic heterocycles. The van der Waals surface area contributed by atoms with Crippen LogP contribution in [0.3, 0.4) is 0 Å². The van der Waals surface area contributed by atoms with Crippen molar-refractivity contribution in [1.29, 1.82) is 0 Å². The average Bonchev–Trinajstić information content (AvgIpc) is 2.84. The second-order valence-electron chi connectivity index (χ2n) is 5.07. The summed E-state index contributed by atoms with van der Waals surface area (Å²) >= 11 is 6.36. The summed E-state index contributed by atoms with van der Waals surface area (Å²) in [5.41, 5.74) is 1.93. The van der Waals surface area contributed by atoms with Crippen LogP contribution in [0.15, 0.2) is 24.9 Å². The van der Waals surface area contributed by atoms with Crippen LogP contribution in [0, 0.1) is 0 Å². The van der Waals surface area contributed by atoms with E-state index in [9.17, 15) is 0 Å². The van der Waals surface area contributed by atoms with Crippen molar-refractivity contribution in [3.8, 4) is 0 Å². The highest BCUT2D eigenvalue weighted by Gasteiger charge is 2.22. The van der Waals surface area contributed by atoms with Crippen molar-refractivity contribution >= 4 is 11.6 Å². The Bertz CT molecular complexity index is 554. The SMILES string of the molecule is CCNC(c1cncnc1)c1c(Cl)cnn1CCN(C)C. The van der Waals surface area contributed by atoms with Crippen molar-refractivity contribution in [1.82, 2.24) is 30.0 Å². The minimum atomic E-state index is -0.0617. The largest absolute Gasteiger partial charge is 0.308 e. The lowest BCUT2D eigenvalue weighted by Crippen LogP contribution is -2.27. The molecule has 0 spiro atoms. The molecule has 7 heteroatoms. The Morgan fingerprint density at radius 3 is 2.62 bits per heavy atom. The van der Waals surface area contributed by atoms with E-state index >= 15 is 0 Å². The van der Waals surface area contributed by atoms with E-state index in [1.807, 2.05) is 18.8 Å². The Labute approximate surface area is 130 Å². The van der Waals surface area contributed by atoms with Crippen LogP contribution in [0.1, 0.15) is 24.2 Å². The number of halogens is 1. The van der Waals surface area contributed by atoms with Gasteiger partial charge in [0.15, 0.2) is 0 Å². The predicted octanol–water partition coefficient (Wildman–Crippen LogP) is 1.59. The summed E-state index contributed by atoms with van der Waals surface area (Å²) in [6.45, 7) is 4.56. The maximum Gasteiger partial charge on any atom is 0.115 e. The van der Waals surface area contributed by atoms with Crippen molar-refractivity contribution in [2.45, 2.75) is 19.5 Å². The normalized spacial score (nSPS) is 12.8. The topological polar surface area (TPSA) is 58.9 Å². The minimum Gasteiger partial charge on any atom is -0.308 e. The fourth-order valence-corrected chi connectivity index (χ4v) is 2.42. The van der Waals surface area contributed by atoms with Gasteiger partial charge in [0.1, 0.15) is 6.33 Å². The van der Waals surface area contributed by atoms with Crippen LogP contribution < -0.4 is 5.32 Å². The monoisotopic (exact) mass is 308 g/mol. The molecule has 6 nitrogen and oxygen atoms in total. The first-order valence-electron chi connectivity index (χ1n) is 6.97. The maximum atomic E-state index is 6.36. The van der Waals surface area contributed by atoms with Gasteiger partial charge < -0.3 is 10.2 Å². The van der Waals surface area contributed by atoms with Crippen molar-refractivity contribution in [3.05, 3.63) is 41.2 Å². The van der Waals surface area contributed by atoms with Crippen LogP contribution in [0.5, 0.6) is 0 Å². The lowest BCUT2D eigenvalue weighted by molar-refractivity contribution is 0.365. The molecule has 0 amide bonds. The van der Waals surface area contributed by atoms with Gasteiger partial charge in [0, 0.05) is 24.5 Å². The van der Waals surface area contributed by atoms with Crippen molar-refractivity contribution in [2.75, 3.05) is 27.2 Å². The maximum absolute atomic E-state index is 6.36. The first kappa shape index (κ1) is 15.9. The first-order valence-corrected chi connectivity index (χ1v) is 7.35. The van der Waals surface area contributed by atoms with Gasteiger partial charge in [-0.25, -0.2) is 9.97 Å². The Kier molecular flexibility index (Phi) is 5.67. The molecule has 0 fully saturated rings. The van der Waals surface area contributed by atoms with Crippen LogP contribution in [-0.4, -0.2) is 51.8 Å². The van der Waals surface area contributed by atoms with Gasteiger partial charge in [-0.05, 0) is 20.6 Å². The number of aromatic nitrogens is 4. The first-order chi connectivity index (χ1) is 10.1. The molecule has 0 radical (unpaired) electrons. The van der Waals surface area contributed by atoms with E-state index in [0.29, 0.717) is 5.02 Å². The number of nitrogens with one attached hydrogen (secondary N) is 1. The van der Waals surface area contributed by atoms with E-state index in [1.165, 1.54) is 6.33 Å². The van der Waals surface area contributed by atoms with Gasteiger partial charge in [0.05, 0.1) is 29.5 Å². The highest BCUT2D eigenvalue weighted by Crippen LogP contribution is 2.27. The number of likely N-dealkylation sites (N-methyl/N-ethyl adjacent to an activating group) is 1. The van der Waals surface area contributed by atoms with Crippen LogP contribution in [0.2, 0.25) is 5.02 Å². The molecular formula is C14H21ClN6. The van der Waals surface area contributed by atoms with E-state index in [0.717, 1.165) is 30.9 Å². The fraction of sp³-hybridized carbons (Fsp3) is 0.500. The van der Waals surface area contributed by atoms with E-state index in [1.54, 1.807) is 18.6 Å². The molecule has 0 bridgehead atoms. The third-order valence-corrected chi connectivity index (χ3v) is 3.48. The molecule has 2 aromatic rings. The summed E-state index contributed by atoms with van der Waals surface area (Å²) in [4.78, 5) is 10.3. The van der Waals surface area contributed by atoms with Gasteiger partial charge in [-0.3, -0.25) is 4.68 Å². The van der Waals surface area contributed by atoms with Gasteiger partial charge in [-0.1, -0.05) is 18.5 Å². The lowest BCUT2D eigenvalue weighted by Gasteiger charge is -2.20. The lowest BCUT2D eigenvalue weighted by atomic mass is 10.1. The molecule has 1 N–H and O–H groups in total. The highest BCUT2D eigenvalue weighted by atomic mass is 35.5. The summed E-state index contributed by atoms with van der Waals surface area (Å²) in [7, 11) is 4.08. The Morgan fingerprint density at radius 2 is 2.00 bits per heavy atom. The molecule has 0 aliphatic carbocycles. The summed E-state index contributed by atoms with van der Waals surface area (Å²) in [6, 6.07) is -0.0617. The Hall–Kier alpha value is -1.50. The Morgan fingerprint density at radius 1 is 1.29 bits per heavy atom. The predicted molar refractivity (Wildman–Crippen MR) is 83.3 cm³/mol. The zero-order valence-corrected chi connectivity index (χ0v) is 13.4. The molecular weight excluding hydrogens is 288 g/mol. The Balaban J connectivity index is 2.34. The van der Waals surface area contributed by atoms with Crippen LogP contribution in [-0.2, 0) is 6.54 Å². The van der Waals surface area contributed by atoms with Crippen molar-refractivity contribution in [3.63, 3.8) is 0 Å². The minimum absolute atomic E-state index is 0.0617. The molecule has 2 rings (SSSR count). The summed E-state index contributed by atoms with van der Waals surface area (Å²) < 4.78 is 1.95. The molecule has 1 atom stereocenters. The van der Waals surface area contributed by atoms with Gasteiger partial charge in [-0.2, -0.15) is 5.10 Å². The smallest absolute Gasteiger partial charge is 0.115 e. The van der Waals surface area contributed by atoms with Crippen molar-refractivity contribution < 1.29 is 0 Å². The van der Waals surface area contributed by atoms with Gasteiger partial charge in [0.25, 0.3) is 0 Å². The number of rotatable bonds is 7. The van der Waals surface area contributed by atoms with Crippen LogP contribution in [0.4, 0.5) is 0 Å². The second-order valence-corrected chi connectivity index (χ2v) is 5.47. The highest BCUT2D eigenvalue weighted by molar-refractivity contribution is 6.31. The van der Waals surface area contributed by atoms with Gasteiger partial charge in [-0.15, -0.1) is 0 Å². The molecule has 2 heterocycles. The van der Waals surface area contributed by atoms with E-state index in [4.69, 9.17) is 11.6 Å². The molecule has 2 aromatic heterocycles. The molecule has 1 unspecified atom stereocenters. The summed E-state index contributed by atoms with van der Waals surface area (Å²) in [5, 5.41) is 8.48. The van der Waals surface area contributed by atoms with Crippen LogP contribution >= 0.6 is 11.6 Å². The second kappa shape index (κ2) is 7.49. The van der Waals surface area contributed by atoms with Gasteiger partial charge >= 0.3 is 0 Å². The summed E-state index contributed by atoms with van der Waals surface area (Å²) in [5.74, 6) is 0. The molecule has 0 aliphatic rings. The summed E-state index contributed by atoms with van der Waals surface area (Å²) in [6.07, 6.45) is 6.83. The van der Waals surface area contributed by atoms with Gasteiger partial charge in [0.2, 0.25) is 0 Å². The zero-order chi connectivity index (χ0) is 15.2. The number of hydrogen-bond donors (Lipinski definition) is 1. The molecule has 0 saturated carbocycles. The van der Waals surface area contributed by atoms with Crippen LogP contribution in [0.25, 0.3) is 0 Å². The number of hydrogen-bond acceptors (Lipinski definition) is 5. The molecule has 21 heavy (non-hydrogen) atoms. The third-order valence-electron chi connectivity index (χ3n) is 3.19. The molecule has 0 aromatic carbocycles. The molecule has 114 valence electrons. The quantitative estimate of drug-likeness (QED) is 0.841. The van der Waals surface area contributed by atoms with Crippen molar-refractivity contribution in [2.24, 2.45) is 0 Å².